The fourth-order valence-corrected chi connectivity index (χ4v) is 4.97. The molecule has 2 N–H and O–H groups in total. The Balaban J connectivity index is 1.72. The lowest BCUT2D eigenvalue weighted by Crippen LogP contribution is -2.24. The third-order valence-corrected chi connectivity index (χ3v) is 7.05. The average molecular weight is 466 g/mol. The van der Waals surface area contributed by atoms with Gasteiger partial charge in [-0.15, -0.1) is 0 Å². The summed E-state index contributed by atoms with van der Waals surface area (Å²) in [5.41, 5.74) is 4.41. The molecule has 0 radical (unpaired) electrons. The highest BCUT2D eigenvalue weighted by molar-refractivity contribution is 7.92. The summed E-state index contributed by atoms with van der Waals surface area (Å²) >= 11 is 0. The standard InChI is InChI=1S/C26H31N3O3S/c1-5-29(6-2)24-14-11-21(12-15-24)18-27-26(30)22-13-10-20(4)25(17-22)33(31,32)28-23-9-7-8-19(3)16-23/h7-17,28H,5-6,18H2,1-4H3,(H,27,30). The molecule has 7 heteroatoms. The molecular formula is C26H31N3O3S. The number of aryl methyl sites for hydroxylation is 2. The van der Waals surface area contributed by atoms with Crippen molar-refractivity contribution in [3.05, 3.63) is 89.0 Å². The van der Waals surface area contributed by atoms with Gasteiger partial charge in [0, 0.05) is 36.6 Å². The summed E-state index contributed by atoms with van der Waals surface area (Å²) in [6.45, 7) is 10.1. The number of anilines is 2. The maximum Gasteiger partial charge on any atom is 0.262 e. The summed E-state index contributed by atoms with van der Waals surface area (Å²) in [6.07, 6.45) is 0. The van der Waals surface area contributed by atoms with Crippen LogP contribution >= 0.6 is 0 Å². The number of nitrogens with one attached hydrogen (secondary N) is 2. The number of hydrogen-bond donors (Lipinski definition) is 2. The van der Waals surface area contributed by atoms with Crippen LogP contribution in [-0.4, -0.2) is 27.4 Å². The first-order chi connectivity index (χ1) is 15.7. The predicted molar refractivity (Wildman–Crippen MR) is 134 cm³/mol. The van der Waals surface area contributed by atoms with Crippen molar-refractivity contribution < 1.29 is 13.2 Å². The van der Waals surface area contributed by atoms with Gasteiger partial charge in [-0.3, -0.25) is 9.52 Å². The number of hydrogen-bond acceptors (Lipinski definition) is 4. The third kappa shape index (κ3) is 6.14. The SMILES string of the molecule is CCN(CC)c1ccc(CNC(=O)c2ccc(C)c(S(=O)(=O)Nc3cccc(C)c3)c2)cc1. The van der Waals surface area contributed by atoms with Crippen LogP contribution in [0.3, 0.4) is 0 Å². The first-order valence-corrected chi connectivity index (χ1v) is 12.5. The van der Waals surface area contributed by atoms with Crippen LogP contribution in [-0.2, 0) is 16.6 Å². The van der Waals surface area contributed by atoms with Crippen molar-refractivity contribution in [2.45, 2.75) is 39.1 Å². The number of sulfonamides is 1. The van der Waals surface area contributed by atoms with Crippen molar-refractivity contribution in [3.8, 4) is 0 Å². The summed E-state index contributed by atoms with van der Waals surface area (Å²) in [5, 5.41) is 2.88. The van der Waals surface area contributed by atoms with E-state index in [1.165, 1.54) is 6.07 Å². The molecule has 0 aromatic heterocycles. The van der Waals surface area contributed by atoms with E-state index in [-0.39, 0.29) is 10.8 Å². The van der Waals surface area contributed by atoms with E-state index in [0.717, 1.165) is 29.9 Å². The van der Waals surface area contributed by atoms with Gasteiger partial charge in [-0.05, 0) is 80.8 Å². The number of amides is 1. The molecule has 0 saturated carbocycles. The van der Waals surface area contributed by atoms with Gasteiger partial charge in [-0.1, -0.05) is 30.3 Å². The van der Waals surface area contributed by atoms with Crippen LogP contribution in [0.5, 0.6) is 0 Å². The highest BCUT2D eigenvalue weighted by Crippen LogP contribution is 2.22. The second kappa shape index (κ2) is 10.5. The average Bonchev–Trinajstić information content (AvgIpc) is 2.79. The molecule has 0 aliphatic heterocycles. The molecule has 3 aromatic rings. The van der Waals surface area contributed by atoms with Gasteiger partial charge in [0.1, 0.15) is 0 Å². The molecular weight excluding hydrogens is 434 g/mol. The van der Waals surface area contributed by atoms with Gasteiger partial charge in [0.05, 0.1) is 4.90 Å². The van der Waals surface area contributed by atoms with Crippen LogP contribution in [0.15, 0.2) is 71.6 Å². The molecule has 6 nitrogen and oxygen atoms in total. The minimum Gasteiger partial charge on any atom is -0.372 e. The van der Waals surface area contributed by atoms with Crippen LogP contribution in [0.25, 0.3) is 0 Å². The molecule has 1 amide bonds. The van der Waals surface area contributed by atoms with E-state index in [2.05, 4.69) is 28.8 Å². The second-order valence-corrected chi connectivity index (χ2v) is 9.63. The summed E-state index contributed by atoms with van der Waals surface area (Å²) in [4.78, 5) is 15.1. The minimum absolute atomic E-state index is 0.0835. The third-order valence-electron chi connectivity index (χ3n) is 5.53. The molecule has 3 aromatic carbocycles. The zero-order chi connectivity index (χ0) is 24.0. The summed E-state index contributed by atoms with van der Waals surface area (Å²) < 4.78 is 28.6. The van der Waals surface area contributed by atoms with E-state index < -0.39 is 10.0 Å². The van der Waals surface area contributed by atoms with Gasteiger partial charge in [0.15, 0.2) is 0 Å². The van der Waals surface area contributed by atoms with Gasteiger partial charge in [0.2, 0.25) is 0 Å². The topological polar surface area (TPSA) is 78.5 Å². The number of nitrogens with zero attached hydrogens (tertiary/aromatic N) is 1. The largest absolute Gasteiger partial charge is 0.372 e. The zero-order valence-electron chi connectivity index (χ0n) is 19.6. The van der Waals surface area contributed by atoms with Crippen molar-refractivity contribution in [1.29, 1.82) is 0 Å². The summed E-state index contributed by atoms with van der Waals surface area (Å²) in [5.74, 6) is -0.324. The van der Waals surface area contributed by atoms with Crippen molar-refractivity contribution in [2.24, 2.45) is 0 Å². The van der Waals surface area contributed by atoms with Crippen molar-refractivity contribution in [2.75, 3.05) is 22.7 Å². The lowest BCUT2D eigenvalue weighted by Gasteiger charge is -2.21. The maximum atomic E-state index is 13.0. The number of benzene rings is 3. The van der Waals surface area contributed by atoms with E-state index in [1.807, 2.05) is 37.3 Å². The van der Waals surface area contributed by atoms with Gasteiger partial charge >= 0.3 is 0 Å². The van der Waals surface area contributed by atoms with E-state index >= 15 is 0 Å². The highest BCUT2D eigenvalue weighted by Gasteiger charge is 2.19. The maximum absolute atomic E-state index is 13.0. The molecule has 0 aliphatic rings. The second-order valence-electron chi connectivity index (χ2n) is 7.98. The van der Waals surface area contributed by atoms with Gasteiger partial charge in [-0.2, -0.15) is 0 Å². The van der Waals surface area contributed by atoms with Crippen LogP contribution in [0.4, 0.5) is 11.4 Å². The van der Waals surface area contributed by atoms with Crippen molar-refractivity contribution >= 4 is 27.3 Å². The molecule has 174 valence electrons. The van der Waals surface area contributed by atoms with Gasteiger partial charge in [0.25, 0.3) is 15.9 Å². The van der Waals surface area contributed by atoms with E-state index in [0.29, 0.717) is 23.4 Å². The fraction of sp³-hybridized carbons (Fsp3) is 0.269. The summed E-state index contributed by atoms with van der Waals surface area (Å²) in [6, 6.07) is 19.9. The Morgan fingerprint density at radius 1 is 0.909 bits per heavy atom. The van der Waals surface area contributed by atoms with E-state index in [1.54, 1.807) is 37.3 Å². The van der Waals surface area contributed by atoms with Crippen LogP contribution in [0, 0.1) is 13.8 Å². The predicted octanol–water partition coefficient (Wildman–Crippen LogP) is 4.88. The molecule has 0 saturated heterocycles. The highest BCUT2D eigenvalue weighted by atomic mass is 32.2. The van der Waals surface area contributed by atoms with E-state index in [4.69, 9.17) is 0 Å². The Labute approximate surface area is 196 Å². The first kappa shape index (κ1) is 24.3. The van der Waals surface area contributed by atoms with Crippen LogP contribution in [0.2, 0.25) is 0 Å². The van der Waals surface area contributed by atoms with Crippen molar-refractivity contribution in [3.63, 3.8) is 0 Å². The van der Waals surface area contributed by atoms with Crippen LogP contribution < -0.4 is 14.9 Å². The van der Waals surface area contributed by atoms with Gasteiger partial charge < -0.3 is 10.2 Å². The number of carbonyl (C=O) groups is 1. The molecule has 0 unspecified atom stereocenters. The van der Waals surface area contributed by atoms with Crippen LogP contribution in [0.1, 0.15) is 40.9 Å². The Morgan fingerprint density at radius 2 is 1.61 bits per heavy atom. The Hall–Kier alpha value is -3.32. The lowest BCUT2D eigenvalue weighted by molar-refractivity contribution is 0.0950. The monoisotopic (exact) mass is 465 g/mol. The molecule has 0 aliphatic carbocycles. The minimum atomic E-state index is -3.84. The first-order valence-electron chi connectivity index (χ1n) is 11.1. The fourth-order valence-electron chi connectivity index (χ4n) is 3.65. The molecule has 0 atom stereocenters. The molecule has 0 bridgehead atoms. The zero-order valence-corrected chi connectivity index (χ0v) is 20.4. The smallest absolute Gasteiger partial charge is 0.262 e. The molecule has 33 heavy (non-hydrogen) atoms. The summed E-state index contributed by atoms with van der Waals surface area (Å²) in [7, 11) is -3.84. The number of carbonyl (C=O) groups excluding carboxylic acids is 1. The Morgan fingerprint density at radius 3 is 2.24 bits per heavy atom. The van der Waals surface area contributed by atoms with Crippen molar-refractivity contribution in [1.82, 2.24) is 5.32 Å². The number of rotatable bonds is 9. The molecule has 3 rings (SSSR count). The Kier molecular flexibility index (Phi) is 7.76. The van der Waals surface area contributed by atoms with E-state index in [9.17, 15) is 13.2 Å². The molecule has 0 heterocycles. The molecule has 0 spiro atoms. The molecule has 0 fully saturated rings. The normalized spacial score (nSPS) is 11.2. The van der Waals surface area contributed by atoms with Gasteiger partial charge in [-0.25, -0.2) is 8.42 Å². The Bertz CT molecular complexity index is 1220. The quantitative estimate of drug-likeness (QED) is 0.472. The lowest BCUT2D eigenvalue weighted by atomic mass is 10.1.